The molecular formula is C15H15NO3S. The number of para-hydroxylation sites is 2. The van der Waals surface area contributed by atoms with E-state index in [1.165, 1.54) is 4.31 Å². The van der Waals surface area contributed by atoms with Crippen LogP contribution < -0.4 is 9.04 Å². The maximum atomic E-state index is 12.7. The molecule has 0 saturated carbocycles. The van der Waals surface area contributed by atoms with E-state index in [1.807, 2.05) is 19.1 Å². The molecule has 0 fully saturated rings. The van der Waals surface area contributed by atoms with Crippen LogP contribution in [0.3, 0.4) is 0 Å². The Kier molecular flexibility index (Phi) is 3.14. The molecule has 20 heavy (non-hydrogen) atoms. The lowest BCUT2D eigenvalue weighted by Gasteiger charge is -2.30. The van der Waals surface area contributed by atoms with Gasteiger partial charge in [-0.1, -0.05) is 29.8 Å². The van der Waals surface area contributed by atoms with Crippen LogP contribution in [0.2, 0.25) is 0 Å². The number of fused-ring (bicyclic) bond motifs is 1. The first kappa shape index (κ1) is 13.0. The van der Waals surface area contributed by atoms with Crippen LogP contribution in [0.15, 0.2) is 53.4 Å². The lowest BCUT2D eigenvalue weighted by Crippen LogP contribution is -2.37. The average molecular weight is 289 g/mol. The van der Waals surface area contributed by atoms with E-state index in [9.17, 15) is 8.42 Å². The number of rotatable bonds is 2. The molecule has 2 aromatic carbocycles. The Balaban J connectivity index is 2.07. The van der Waals surface area contributed by atoms with Crippen molar-refractivity contribution in [2.75, 3.05) is 17.5 Å². The van der Waals surface area contributed by atoms with Crippen LogP contribution in [0.4, 0.5) is 5.69 Å². The fourth-order valence-corrected chi connectivity index (χ4v) is 3.69. The number of hydrogen-bond acceptors (Lipinski definition) is 3. The molecule has 0 saturated heterocycles. The molecule has 0 atom stereocenters. The van der Waals surface area contributed by atoms with E-state index in [1.54, 1.807) is 36.4 Å². The van der Waals surface area contributed by atoms with Crippen LogP contribution in [0, 0.1) is 6.92 Å². The minimum Gasteiger partial charge on any atom is -0.489 e. The zero-order valence-electron chi connectivity index (χ0n) is 11.1. The number of hydrogen-bond donors (Lipinski definition) is 0. The number of ether oxygens (including phenoxy) is 1. The van der Waals surface area contributed by atoms with E-state index in [0.29, 0.717) is 29.5 Å². The standard InChI is InChI=1S/C15H15NO3S/c1-12-6-8-13(9-7-12)20(17,18)16-10-11-19-15-5-3-2-4-14(15)16/h2-9H,10-11H2,1H3. The van der Waals surface area contributed by atoms with E-state index < -0.39 is 10.0 Å². The predicted molar refractivity (Wildman–Crippen MR) is 77.6 cm³/mol. The molecule has 0 spiro atoms. The van der Waals surface area contributed by atoms with Gasteiger partial charge in [0, 0.05) is 0 Å². The van der Waals surface area contributed by atoms with Gasteiger partial charge < -0.3 is 4.74 Å². The molecule has 1 aliphatic rings. The SMILES string of the molecule is Cc1ccc(S(=O)(=O)N2CCOc3ccccc32)cc1. The molecule has 104 valence electrons. The summed E-state index contributed by atoms with van der Waals surface area (Å²) in [7, 11) is -3.54. The highest BCUT2D eigenvalue weighted by molar-refractivity contribution is 7.92. The molecule has 0 N–H and O–H groups in total. The molecule has 5 heteroatoms. The van der Waals surface area contributed by atoms with Crippen molar-refractivity contribution in [2.45, 2.75) is 11.8 Å². The summed E-state index contributed by atoms with van der Waals surface area (Å²) in [6.07, 6.45) is 0. The van der Waals surface area contributed by atoms with Crippen molar-refractivity contribution >= 4 is 15.7 Å². The summed E-state index contributed by atoms with van der Waals surface area (Å²) in [5, 5.41) is 0. The minimum atomic E-state index is -3.54. The smallest absolute Gasteiger partial charge is 0.264 e. The minimum absolute atomic E-state index is 0.305. The van der Waals surface area contributed by atoms with Crippen LogP contribution >= 0.6 is 0 Å². The summed E-state index contributed by atoms with van der Waals surface area (Å²) in [5.41, 5.74) is 1.63. The third kappa shape index (κ3) is 2.14. The molecular weight excluding hydrogens is 274 g/mol. The lowest BCUT2D eigenvalue weighted by atomic mass is 10.2. The predicted octanol–water partition coefficient (Wildman–Crippen LogP) is 2.58. The van der Waals surface area contributed by atoms with Gasteiger partial charge in [-0.05, 0) is 31.2 Å². The Morgan fingerprint density at radius 3 is 2.50 bits per heavy atom. The van der Waals surface area contributed by atoms with Crippen molar-refractivity contribution in [3.05, 3.63) is 54.1 Å². The number of nitrogens with zero attached hydrogens (tertiary/aromatic N) is 1. The molecule has 0 amide bonds. The van der Waals surface area contributed by atoms with Crippen LogP contribution in [-0.4, -0.2) is 21.6 Å². The zero-order chi connectivity index (χ0) is 14.2. The van der Waals surface area contributed by atoms with E-state index in [-0.39, 0.29) is 0 Å². The topological polar surface area (TPSA) is 46.6 Å². The van der Waals surface area contributed by atoms with Crippen LogP contribution in [0.1, 0.15) is 5.56 Å². The molecule has 4 nitrogen and oxygen atoms in total. The van der Waals surface area contributed by atoms with Gasteiger partial charge in [-0.25, -0.2) is 8.42 Å². The molecule has 0 aromatic heterocycles. The second kappa shape index (κ2) is 4.83. The Bertz CT molecular complexity index is 723. The van der Waals surface area contributed by atoms with Crippen LogP contribution in [-0.2, 0) is 10.0 Å². The lowest BCUT2D eigenvalue weighted by molar-refractivity contribution is 0.316. The Morgan fingerprint density at radius 1 is 1.05 bits per heavy atom. The van der Waals surface area contributed by atoms with Gasteiger partial charge >= 0.3 is 0 Å². The average Bonchev–Trinajstić information content (AvgIpc) is 2.47. The number of benzene rings is 2. The molecule has 0 aliphatic carbocycles. The fraction of sp³-hybridized carbons (Fsp3) is 0.200. The summed E-state index contributed by atoms with van der Waals surface area (Å²) >= 11 is 0. The molecule has 2 aromatic rings. The van der Waals surface area contributed by atoms with Gasteiger partial charge in [0.1, 0.15) is 12.4 Å². The van der Waals surface area contributed by atoms with Crippen molar-refractivity contribution in [1.29, 1.82) is 0 Å². The summed E-state index contributed by atoms with van der Waals surface area (Å²) < 4.78 is 32.4. The molecule has 0 radical (unpaired) electrons. The quantitative estimate of drug-likeness (QED) is 0.853. The highest BCUT2D eigenvalue weighted by Crippen LogP contribution is 2.34. The highest BCUT2D eigenvalue weighted by atomic mass is 32.2. The van der Waals surface area contributed by atoms with E-state index >= 15 is 0 Å². The normalized spacial score (nSPS) is 14.6. The molecule has 0 unspecified atom stereocenters. The summed E-state index contributed by atoms with van der Waals surface area (Å²) in [4.78, 5) is 0.305. The second-order valence-electron chi connectivity index (χ2n) is 4.71. The molecule has 1 heterocycles. The van der Waals surface area contributed by atoms with Crippen molar-refractivity contribution in [2.24, 2.45) is 0 Å². The summed E-state index contributed by atoms with van der Waals surface area (Å²) in [5.74, 6) is 0.606. The van der Waals surface area contributed by atoms with Gasteiger partial charge in [-0.15, -0.1) is 0 Å². The number of anilines is 1. The van der Waals surface area contributed by atoms with Crippen molar-refractivity contribution in [1.82, 2.24) is 0 Å². The third-order valence-corrected chi connectivity index (χ3v) is 5.12. The first-order chi connectivity index (χ1) is 9.59. The molecule has 1 aliphatic heterocycles. The van der Waals surface area contributed by atoms with Gasteiger partial charge in [0.2, 0.25) is 0 Å². The Hall–Kier alpha value is -2.01. The first-order valence-corrected chi connectivity index (χ1v) is 7.84. The van der Waals surface area contributed by atoms with E-state index in [2.05, 4.69) is 0 Å². The first-order valence-electron chi connectivity index (χ1n) is 6.40. The van der Waals surface area contributed by atoms with E-state index in [0.717, 1.165) is 5.56 Å². The van der Waals surface area contributed by atoms with Crippen molar-refractivity contribution in [3.63, 3.8) is 0 Å². The van der Waals surface area contributed by atoms with Crippen LogP contribution in [0.5, 0.6) is 5.75 Å². The van der Waals surface area contributed by atoms with Gasteiger partial charge in [0.15, 0.2) is 0 Å². The summed E-state index contributed by atoms with van der Waals surface area (Å²) in [6.45, 7) is 2.62. The van der Waals surface area contributed by atoms with Gasteiger partial charge in [-0.3, -0.25) is 4.31 Å². The largest absolute Gasteiger partial charge is 0.489 e. The number of sulfonamides is 1. The fourth-order valence-electron chi connectivity index (χ4n) is 2.23. The Morgan fingerprint density at radius 2 is 1.75 bits per heavy atom. The molecule has 3 rings (SSSR count). The number of aryl methyl sites for hydroxylation is 1. The van der Waals surface area contributed by atoms with Gasteiger partial charge in [0.25, 0.3) is 10.0 Å². The maximum Gasteiger partial charge on any atom is 0.264 e. The molecule has 0 bridgehead atoms. The Labute approximate surface area is 118 Å². The third-order valence-electron chi connectivity index (χ3n) is 3.29. The maximum absolute atomic E-state index is 12.7. The van der Waals surface area contributed by atoms with Crippen LogP contribution in [0.25, 0.3) is 0 Å². The summed E-state index contributed by atoms with van der Waals surface area (Å²) in [6, 6.07) is 14.1. The van der Waals surface area contributed by atoms with Gasteiger partial charge in [-0.2, -0.15) is 0 Å². The van der Waals surface area contributed by atoms with Crippen molar-refractivity contribution in [3.8, 4) is 5.75 Å². The second-order valence-corrected chi connectivity index (χ2v) is 6.57. The highest BCUT2D eigenvalue weighted by Gasteiger charge is 2.29. The van der Waals surface area contributed by atoms with Gasteiger partial charge in [0.05, 0.1) is 17.1 Å². The van der Waals surface area contributed by atoms with Crippen molar-refractivity contribution < 1.29 is 13.2 Å². The zero-order valence-corrected chi connectivity index (χ0v) is 11.9. The monoisotopic (exact) mass is 289 g/mol. The van der Waals surface area contributed by atoms with E-state index in [4.69, 9.17) is 4.74 Å².